The molecule has 0 heterocycles. The Labute approximate surface area is 122 Å². The predicted molar refractivity (Wildman–Crippen MR) is 78.5 cm³/mol. The van der Waals surface area contributed by atoms with E-state index in [0.717, 1.165) is 35.7 Å². The monoisotopic (exact) mass is 325 g/mol. The number of nitrogens with two attached hydrogens (primary N) is 1. The number of carbonyl (C=O) groups excluding carboxylic acids is 1. The van der Waals surface area contributed by atoms with Gasteiger partial charge in [0.05, 0.1) is 0 Å². The second-order valence-corrected chi connectivity index (χ2v) is 6.31. The predicted octanol–water partition coefficient (Wildman–Crippen LogP) is 3.40. The van der Waals surface area contributed by atoms with E-state index in [4.69, 9.17) is 10.5 Å². The summed E-state index contributed by atoms with van der Waals surface area (Å²) >= 11 is 3.38. The molecule has 0 bridgehead atoms. The van der Waals surface area contributed by atoms with E-state index in [1.165, 1.54) is 0 Å². The van der Waals surface area contributed by atoms with E-state index < -0.39 is 5.54 Å². The van der Waals surface area contributed by atoms with E-state index in [9.17, 15) is 4.79 Å². The summed E-state index contributed by atoms with van der Waals surface area (Å²) in [5, 5.41) is 0. The van der Waals surface area contributed by atoms with Crippen molar-refractivity contribution < 1.29 is 9.53 Å². The molecule has 4 heteroatoms. The highest BCUT2D eigenvalue weighted by Gasteiger charge is 2.42. The van der Waals surface area contributed by atoms with Crippen LogP contribution < -0.4 is 5.73 Å². The minimum Gasteiger partial charge on any atom is -0.459 e. The zero-order chi connectivity index (χ0) is 13.9. The lowest BCUT2D eigenvalue weighted by Gasteiger charge is -2.36. The first-order chi connectivity index (χ1) is 9.02. The van der Waals surface area contributed by atoms with Crippen LogP contribution in [0.3, 0.4) is 0 Å². The van der Waals surface area contributed by atoms with Gasteiger partial charge in [-0.15, -0.1) is 0 Å². The standard InChI is InChI=1S/C15H20BrNO2/c1-11-4-2-3-9-15(11,17)14(18)19-10-12-5-7-13(16)8-6-12/h5-8,11H,2-4,9-10,17H2,1H3. The Morgan fingerprint density at radius 3 is 2.74 bits per heavy atom. The van der Waals surface area contributed by atoms with Gasteiger partial charge in [-0.2, -0.15) is 0 Å². The molecule has 2 rings (SSSR count). The topological polar surface area (TPSA) is 52.3 Å². The molecule has 0 amide bonds. The smallest absolute Gasteiger partial charge is 0.326 e. The van der Waals surface area contributed by atoms with Gasteiger partial charge in [0.1, 0.15) is 12.1 Å². The Kier molecular flexibility index (Phi) is 4.63. The number of benzene rings is 1. The SMILES string of the molecule is CC1CCCCC1(N)C(=O)OCc1ccc(Br)cc1. The fourth-order valence-electron chi connectivity index (χ4n) is 2.54. The van der Waals surface area contributed by atoms with Crippen LogP contribution in [0.15, 0.2) is 28.7 Å². The fourth-order valence-corrected chi connectivity index (χ4v) is 2.80. The largest absolute Gasteiger partial charge is 0.459 e. The lowest BCUT2D eigenvalue weighted by Crippen LogP contribution is -2.55. The maximum Gasteiger partial charge on any atom is 0.326 e. The van der Waals surface area contributed by atoms with Crippen LogP contribution >= 0.6 is 15.9 Å². The van der Waals surface area contributed by atoms with E-state index >= 15 is 0 Å². The van der Waals surface area contributed by atoms with Gasteiger partial charge in [-0.05, 0) is 36.5 Å². The van der Waals surface area contributed by atoms with Gasteiger partial charge < -0.3 is 10.5 Å². The first kappa shape index (κ1) is 14.5. The van der Waals surface area contributed by atoms with Crippen molar-refractivity contribution in [2.45, 2.75) is 44.8 Å². The molecule has 0 radical (unpaired) electrons. The van der Waals surface area contributed by atoms with Crippen molar-refractivity contribution >= 4 is 21.9 Å². The molecular formula is C15H20BrNO2. The van der Waals surface area contributed by atoms with Crippen LogP contribution in [0.2, 0.25) is 0 Å². The molecule has 1 aliphatic rings. The van der Waals surface area contributed by atoms with E-state index in [1.54, 1.807) is 0 Å². The van der Waals surface area contributed by atoms with Gasteiger partial charge in [0, 0.05) is 4.47 Å². The van der Waals surface area contributed by atoms with Crippen LogP contribution in [0, 0.1) is 5.92 Å². The lowest BCUT2D eigenvalue weighted by atomic mass is 9.74. The summed E-state index contributed by atoms with van der Waals surface area (Å²) in [4.78, 5) is 12.2. The molecule has 2 N–H and O–H groups in total. The molecule has 2 unspecified atom stereocenters. The molecule has 104 valence electrons. The Balaban J connectivity index is 1.95. The van der Waals surface area contributed by atoms with Crippen LogP contribution in [0.1, 0.15) is 38.2 Å². The van der Waals surface area contributed by atoms with Gasteiger partial charge >= 0.3 is 5.97 Å². The summed E-state index contributed by atoms with van der Waals surface area (Å²) in [5.74, 6) is -0.0683. The number of hydrogen-bond donors (Lipinski definition) is 1. The third-order valence-electron chi connectivity index (χ3n) is 4.02. The third kappa shape index (κ3) is 3.37. The van der Waals surface area contributed by atoms with E-state index in [-0.39, 0.29) is 18.5 Å². The molecule has 3 nitrogen and oxygen atoms in total. The Morgan fingerprint density at radius 1 is 1.42 bits per heavy atom. The third-order valence-corrected chi connectivity index (χ3v) is 4.55. The summed E-state index contributed by atoms with van der Waals surface area (Å²) in [5.41, 5.74) is 6.43. The second kappa shape index (κ2) is 6.06. The first-order valence-corrected chi connectivity index (χ1v) is 7.52. The van der Waals surface area contributed by atoms with Crippen LogP contribution in [-0.4, -0.2) is 11.5 Å². The summed E-state index contributed by atoms with van der Waals surface area (Å²) in [6.07, 6.45) is 3.89. The maximum atomic E-state index is 12.2. The van der Waals surface area contributed by atoms with Gasteiger partial charge in [0.2, 0.25) is 0 Å². The average molecular weight is 326 g/mol. The zero-order valence-electron chi connectivity index (χ0n) is 11.2. The first-order valence-electron chi connectivity index (χ1n) is 6.73. The van der Waals surface area contributed by atoms with Crippen molar-refractivity contribution in [3.63, 3.8) is 0 Å². The molecule has 0 spiro atoms. The van der Waals surface area contributed by atoms with Crippen molar-refractivity contribution in [2.24, 2.45) is 11.7 Å². The highest BCUT2D eigenvalue weighted by Crippen LogP contribution is 2.32. The number of hydrogen-bond acceptors (Lipinski definition) is 3. The Bertz CT molecular complexity index is 446. The highest BCUT2D eigenvalue weighted by atomic mass is 79.9. The van der Waals surface area contributed by atoms with Crippen molar-refractivity contribution in [2.75, 3.05) is 0 Å². The molecule has 1 aliphatic carbocycles. The molecule has 1 aromatic rings. The number of ether oxygens (including phenoxy) is 1. The second-order valence-electron chi connectivity index (χ2n) is 5.39. The molecule has 1 aromatic carbocycles. The van der Waals surface area contributed by atoms with Gasteiger partial charge in [-0.3, -0.25) is 4.79 Å². The van der Waals surface area contributed by atoms with E-state index in [0.29, 0.717) is 0 Å². The van der Waals surface area contributed by atoms with Crippen molar-refractivity contribution in [3.05, 3.63) is 34.3 Å². The molecule has 0 saturated heterocycles. The van der Waals surface area contributed by atoms with Crippen LogP contribution in [0.4, 0.5) is 0 Å². The normalized spacial score (nSPS) is 27.0. The molecule has 0 aliphatic heterocycles. The van der Waals surface area contributed by atoms with Crippen LogP contribution in [0.5, 0.6) is 0 Å². The molecule has 2 atom stereocenters. The zero-order valence-corrected chi connectivity index (χ0v) is 12.8. The average Bonchev–Trinajstić information content (AvgIpc) is 2.41. The number of carbonyl (C=O) groups is 1. The van der Waals surface area contributed by atoms with Gasteiger partial charge in [0.15, 0.2) is 0 Å². The van der Waals surface area contributed by atoms with E-state index in [1.807, 2.05) is 31.2 Å². The minimum absolute atomic E-state index is 0.193. The van der Waals surface area contributed by atoms with Crippen molar-refractivity contribution in [3.8, 4) is 0 Å². The van der Waals surface area contributed by atoms with Crippen LogP contribution in [-0.2, 0) is 16.1 Å². The minimum atomic E-state index is -0.798. The molecule has 19 heavy (non-hydrogen) atoms. The van der Waals surface area contributed by atoms with Crippen molar-refractivity contribution in [1.82, 2.24) is 0 Å². The quantitative estimate of drug-likeness (QED) is 0.866. The van der Waals surface area contributed by atoms with Crippen molar-refractivity contribution in [1.29, 1.82) is 0 Å². The molecule has 1 fully saturated rings. The van der Waals surface area contributed by atoms with E-state index in [2.05, 4.69) is 15.9 Å². The lowest BCUT2D eigenvalue weighted by molar-refractivity contribution is -0.155. The maximum absolute atomic E-state index is 12.2. The van der Waals surface area contributed by atoms with Crippen LogP contribution in [0.25, 0.3) is 0 Å². The van der Waals surface area contributed by atoms with Gasteiger partial charge in [-0.25, -0.2) is 0 Å². The Hall–Kier alpha value is -0.870. The number of halogens is 1. The highest BCUT2D eigenvalue weighted by molar-refractivity contribution is 9.10. The summed E-state index contributed by atoms with van der Waals surface area (Å²) in [6.45, 7) is 2.33. The summed E-state index contributed by atoms with van der Waals surface area (Å²) in [6, 6.07) is 7.74. The summed E-state index contributed by atoms with van der Waals surface area (Å²) in [7, 11) is 0. The van der Waals surface area contributed by atoms with Gasteiger partial charge in [0.25, 0.3) is 0 Å². The molecular weight excluding hydrogens is 306 g/mol. The summed E-state index contributed by atoms with van der Waals surface area (Å²) < 4.78 is 6.41. The molecule has 1 saturated carbocycles. The fraction of sp³-hybridized carbons (Fsp3) is 0.533. The van der Waals surface area contributed by atoms with Gasteiger partial charge in [-0.1, -0.05) is 47.8 Å². The number of rotatable bonds is 3. The Morgan fingerprint density at radius 2 is 2.11 bits per heavy atom. The molecule has 0 aromatic heterocycles. The number of esters is 1.